The van der Waals surface area contributed by atoms with Gasteiger partial charge in [0.2, 0.25) is 5.91 Å². The van der Waals surface area contributed by atoms with Gasteiger partial charge in [-0.2, -0.15) is 13.2 Å². The van der Waals surface area contributed by atoms with Crippen molar-refractivity contribution in [3.05, 3.63) is 35.9 Å². The maximum absolute atomic E-state index is 12.6. The normalized spacial score (nSPS) is 26.9. The third-order valence-corrected chi connectivity index (χ3v) is 2.95. The fourth-order valence-corrected chi connectivity index (χ4v) is 1.84. The number of carbonyl (C=O) groups excluding carboxylic acids is 2. The van der Waals surface area contributed by atoms with Crippen molar-refractivity contribution in [1.29, 1.82) is 0 Å². The molecule has 0 radical (unpaired) electrons. The van der Waals surface area contributed by atoms with E-state index in [0.717, 1.165) is 0 Å². The van der Waals surface area contributed by atoms with Gasteiger partial charge in [0, 0.05) is 6.42 Å². The highest BCUT2D eigenvalue weighted by Crippen LogP contribution is 2.30. The molecule has 2 atom stereocenters. The van der Waals surface area contributed by atoms with Crippen LogP contribution in [0, 0.1) is 0 Å². The molecule has 0 aliphatic carbocycles. The van der Waals surface area contributed by atoms with E-state index in [4.69, 9.17) is 0 Å². The van der Waals surface area contributed by atoms with Crippen LogP contribution in [-0.2, 0) is 16.0 Å². The van der Waals surface area contributed by atoms with E-state index in [9.17, 15) is 27.9 Å². The molecule has 1 fully saturated rings. The Kier molecular flexibility index (Phi) is 3.43. The molecule has 0 bridgehead atoms. The summed E-state index contributed by atoms with van der Waals surface area (Å²) in [5.74, 6) is -2.78. The number of nitrogens with one attached hydrogen (secondary N) is 2. The highest BCUT2D eigenvalue weighted by molar-refractivity contribution is 5.99. The highest BCUT2D eigenvalue weighted by atomic mass is 19.4. The Morgan fingerprint density at radius 3 is 2.35 bits per heavy atom. The Balaban J connectivity index is 2.15. The average Bonchev–Trinajstić information content (AvgIpc) is 2.36. The molecule has 2 amide bonds. The Hall–Kier alpha value is -2.09. The zero-order valence-electron chi connectivity index (χ0n) is 10.1. The van der Waals surface area contributed by atoms with Crippen molar-refractivity contribution in [1.82, 2.24) is 10.6 Å². The van der Waals surface area contributed by atoms with Gasteiger partial charge in [-0.1, -0.05) is 30.3 Å². The summed E-state index contributed by atoms with van der Waals surface area (Å²) in [5.41, 5.74) is -3.21. The Morgan fingerprint density at radius 1 is 1.20 bits per heavy atom. The number of rotatable bonds is 2. The van der Waals surface area contributed by atoms with Gasteiger partial charge in [-0.3, -0.25) is 9.59 Å². The van der Waals surface area contributed by atoms with Crippen LogP contribution < -0.4 is 10.6 Å². The SMILES string of the molecule is O=C1N[C@@](O)(C(F)(F)F)C(=O)N[C@@H]1Cc1ccccc1. The molecule has 1 aromatic carbocycles. The summed E-state index contributed by atoms with van der Waals surface area (Å²) in [5, 5.41) is 12.5. The number of piperazine rings is 1. The van der Waals surface area contributed by atoms with Crippen LogP contribution in [0.2, 0.25) is 0 Å². The van der Waals surface area contributed by atoms with Crippen LogP contribution in [0.1, 0.15) is 5.56 Å². The summed E-state index contributed by atoms with van der Waals surface area (Å²) >= 11 is 0. The number of carbonyl (C=O) groups is 2. The molecule has 0 spiro atoms. The zero-order chi connectivity index (χ0) is 15.0. The van der Waals surface area contributed by atoms with Gasteiger partial charge in [0.15, 0.2) is 0 Å². The van der Waals surface area contributed by atoms with Crippen LogP contribution in [0.25, 0.3) is 0 Å². The lowest BCUT2D eigenvalue weighted by Gasteiger charge is -2.36. The first-order chi connectivity index (χ1) is 9.24. The lowest BCUT2D eigenvalue weighted by Crippen LogP contribution is -2.75. The lowest BCUT2D eigenvalue weighted by molar-refractivity contribution is -0.264. The third kappa shape index (κ3) is 2.46. The van der Waals surface area contributed by atoms with Crippen LogP contribution in [0.4, 0.5) is 13.2 Å². The quantitative estimate of drug-likeness (QED) is 0.722. The highest BCUT2D eigenvalue weighted by Gasteiger charge is 2.63. The van der Waals surface area contributed by atoms with Gasteiger partial charge in [0.1, 0.15) is 6.04 Å². The Labute approximate surface area is 111 Å². The summed E-state index contributed by atoms with van der Waals surface area (Å²) in [6.07, 6.45) is -5.25. The number of halogens is 3. The van der Waals surface area contributed by atoms with Gasteiger partial charge >= 0.3 is 11.9 Å². The monoisotopic (exact) mass is 288 g/mol. The van der Waals surface area contributed by atoms with E-state index in [1.165, 1.54) is 5.32 Å². The number of hydrogen-bond donors (Lipinski definition) is 3. The fraction of sp³-hybridized carbons (Fsp3) is 0.333. The van der Waals surface area contributed by atoms with Crippen LogP contribution in [-0.4, -0.2) is 34.9 Å². The number of aliphatic hydroxyl groups is 1. The predicted octanol–water partition coefficient (Wildman–Crippen LogP) is 0.0946. The molecule has 0 saturated carbocycles. The molecule has 0 aromatic heterocycles. The van der Waals surface area contributed by atoms with Crippen molar-refractivity contribution in [2.45, 2.75) is 24.4 Å². The van der Waals surface area contributed by atoms with E-state index in [-0.39, 0.29) is 6.42 Å². The summed E-state index contributed by atoms with van der Waals surface area (Å²) in [7, 11) is 0. The molecule has 8 heteroatoms. The van der Waals surface area contributed by atoms with Crippen molar-refractivity contribution in [2.24, 2.45) is 0 Å². The smallest absolute Gasteiger partial charge is 0.356 e. The second kappa shape index (κ2) is 4.78. The lowest BCUT2D eigenvalue weighted by atomic mass is 10.0. The second-order valence-electron chi connectivity index (χ2n) is 4.41. The first-order valence-corrected chi connectivity index (χ1v) is 5.70. The van der Waals surface area contributed by atoms with Crippen LogP contribution in [0.15, 0.2) is 30.3 Å². The Morgan fingerprint density at radius 2 is 1.80 bits per heavy atom. The molecule has 20 heavy (non-hydrogen) atoms. The minimum absolute atomic E-state index is 0.0341. The van der Waals surface area contributed by atoms with Gasteiger partial charge in [0.25, 0.3) is 5.91 Å². The Bertz CT molecular complexity index is 532. The zero-order valence-corrected chi connectivity index (χ0v) is 10.1. The molecule has 1 heterocycles. The summed E-state index contributed by atoms with van der Waals surface area (Å²) in [4.78, 5) is 23.0. The molecule has 2 rings (SSSR count). The first kappa shape index (κ1) is 14.3. The number of benzene rings is 1. The van der Waals surface area contributed by atoms with Gasteiger partial charge in [-0.05, 0) is 5.56 Å². The topological polar surface area (TPSA) is 78.4 Å². The van der Waals surface area contributed by atoms with E-state index < -0.39 is 29.8 Å². The maximum atomic E-state index is 12.6. The molecule has 0 unspecified atom stereocenters. The molecule has 5 nitrogen and oxygen atoms in total. The number of amides is 2. The van der Waals surface area contributed by atoms with E-state index >= 15 is 0 Å². The molecule has 108 valence electrons. The average molecular weight is 288 g/mol. The van der Waals surface area contributed by atoms with Gasteiger partial charge in [-0.25, -0.2) is 0 Å². The second-order valence-corrected chi connectivity index (χ2v) is 4.41. The van der Waals surface area contributed by atoms with Gasteiger partial charge < -0.3 is 15.7 Å². The van der Waals surface area contributed by atoms with Crippen LogP contribution in [0.5, 0.6) is 0 Å². The van der Waals surface area contributed by atoms with Crippen molar-refractivity contribution < 1.29 is 27.9 Å². The van der Waals surface area contributed by atoms with Crippen molar-refractivity contribution in [2.75, 3.05) is 0 Å². The van der Waals surface area contributed by atoms with E-state index in [2.05, 4.69) is 0 Å². The molecule has 3 N–H and O–H groups in total. The van der Waals surface area contributed by atoms with Crippen LogP contribution in [0.3, 0.4) is 0 Å². The van der Waals surface area contributed by atoms with Crippen molar-refractivity contribution >= 4 is 11.8 Å². The number of hydrogen-bond acceptors (Lipinski definition) is 3. The van der Waals surface area contributed by atoms with E-state index in [1.807, 2.05) is 5.32 Å². The molecular weight excluding hydrogens is 277 g/mol. The van der Waals surface area contributed by atoms with E-state index in [1.54, 1.807) is 30.3 Å². The summed E-state index contributed by atoms with van der Waals surface area (Å²) in [6.45, 7) is 0. The van der Waals surface area contributed by atoms with Crippen LogP contribution >= 0.6 is 0 Å². The third-order valence-electron chi connectivity index (χ3n) is 2.95. The molecular formula is C12H11F3N2O3. The number of alkyl halides is 3. The van der Waals surface area contributed by atoms with Gasteiger partial charge in [-0.15, -0.1) is 0 Å². The first-order valence-electron chi connectivity index (χ1n) is 5.70. The minimum Gasteiger partial charge on any atom is -0.356 e. The summed E-state index contributed by atoms with van der Waals surface area (Å²) < 4.78 is 37.7. The molecule has 1 aliphatic rings. The predicted molar refractivity (Wildman–Crippen MR) is 61.2 cm³/mol. The largest absolute Gasteiger partial charge is 0.446 e. The minimum atomic E-state index is -5.29. The maximum Gasteiger partial charge on any atom is 0.446 e. The van der Waals surface area contributed by atoms with Gasteiger partial charge in [0.05, 0.1) is 0 Å². The molecule has 1 aliphatic heterocycles. The van der Waals surface area contributed by atoms with Crippen molar-refractivity contribution in [3.8, 4) is 0 Å². The van der Waals surface area contributed by atoms with Crippen molar-refractivity contribution in [3.63, 3.8) is 0 Å². The standard InChI is InChI=1S/C12H11F3N2O3/c13-12(14,15)11(20)10(19)16-8(9(18)17-11)6-7-4-2-1-3-5-7/h1-5,8,20H,6H2,(H,16,19)(H,17,18)/t8-,11+/m1/s1. The molecule has 1 aromatic rings. The summed E-state index contributed by atoms with van der Waals surface area (Å²) in [6, 6.07) is 7.32. The molecule has 1 saturated heterocycles. The van der Waals surface area contributed by atoms with E-state index in [0.29, 0.717) is 5.56 Å². The fourth-order valence-electron chi connectivity index (χ4n) is 1.84.